The molecule has 0 saturated heterocycles. The van der Waals surface area contributed by atoms with Crippen molar-refractivity contribution >= 4 is 11.9 Å². The van der Waals surface area contributed by atoms with E-state index in [0.29, 0.717) is 5.92 Å². The standard InChI is InChI=1S/C14H26O4/c1-4-5-6-7-8-12(10-9-11(2)3)18-14(17)13(15)16/h11-12H,4-10H2,1-3H3,(H,15,16). The molecule has 0 bridgehead atoms. The predicted octanol–water partition coefficient (Wildman–Crippen LogP) is 3.39. The van der Waals surface area contributed by atoms with Gasteiger partial charge in [-0.1, -0.05) is 40.0 Å². The molecule has 0 heterocycles. The van der Waals surface area contributed by atoms with Crippen LogP contribution in [0.15, 0.2) is 0 Å². The molecule has 0 aromatic rings. The van der Waals surface area contributed by atoms with E-state index in [1.807, 2.05) is 0 Å². The molecule has 4 nitrogen and oxygen atoms in total. The first-order chi connectivity index (χ1) is 8.47. The summed E-state index contributed by atoms with van der Waals surface area (Å²) in [5.74, 6) is -2.09. The van der Waals surface area contributed by atoms with Gasteiger partial charge in [-0.15, -0.1) is 0 Å². The minimum Gasteiger partial charge on any atom is -0.473 e. The molecule has 0 rings (SSSR count). The summed E-state index contributed by atoms with van der Waals surface area (Å²) >= 11 is 0. The molecular formula is C14H26O4. The summed E-state index contributed by atoms with van der Waals surface area (Å²) in [5, 5.41) is 8.54. The largest absolute Gasteiger partial charge is 0.473 e. The SMILES string of the molecule is CCCCCCC(CCC(C)C)OC(=O)C(=O)O. The van der Waals surface area contributed by atoms with Gasteiger partial charge in [0.25, 0.3) is 0 Å². The molecule has 1 unspecified atom stereocenters. The fraction of sp³-hybridized carbons (Fsp3) is 0.857. The zero-order valence-electron chi connectivity index (χ0n) is 11.8. The van der Waals surface area contributed by atoms with Crippen LogP contribution in [-0.2, 0) is 14.3 Å². The number of carbonyl (C=O) groups is 2. The highest BCUT2D eigenvalue weighted by molar-refractivity contribution is 6.28. The molecule has 0 aliphatic rings. The van der Waals surface area contributed by atoms with Crippen LogP contribution in [0.4, 0.5) is 0 Å². The number of carbonyl (C=O) groups excluding carboxylic acids is 1. The molecule has 0 fully saturated rings. The van der Waals surface area contributed by atoms with E-state index >= 15 is 0 Å². The molecule has 0 aromatic carbocycles. The normalized spacial score (nSPS) is 12.4. The lowest BCUT2D eigenvalue weighted by atomic mass is 10.0. The molecule has 0 aromatic heterocycles. The van der Waals surface area contributed by atoms with E-state index in [4.69, 9.17) is 9.84 Å². The van der Waals surface area contributed by atoms with Gasteiger partial charge in [0, 0.05) is 0 Å². The van der Waals surface area contributed by atoms with Gasteiger partial charge in [-0.2, -0.15) is 0 Å². The summed E-state index contributed by atoms with van der Waals surface area (Å²) in [5.41, 5.74) is 0. The number of esters is 1. The molecule has 0 spiro atoms. The third kappa shape index (κ3) is 9.02. The lowest BCUT2D eigenvalue weighted by Crippen LogP contribution is -2.24. The average Bonchev–Trinajstić information content (AvgIpc) is 2.30. The topological polar surface area (TPSA) is 63.6 Å². The first-order valence-electron chi connectivity index (χ1n) is 6.91. The van der Waals surface area contributed by atoms with Crippen LogP contribution < -0.4 is 0 Å². The zero-order valence-corrected chi connectivity index (χ0v) is 11.8. The van der Waals surface area contributed by atoms with Crippen LogP contribution >= 0.6 is 0 Å². The molecule has 1 atom stereocenters. The summed E-state index contributed by atoms with van der Waals surface area (Å²) in [4.78, 5) is 21.5. The van der Waals surface area contributed by atoms with Crippen molar-refractivity contribution in [2.45, 2.75) is 71.8 Å². The number of rotatable bonds is 9. The summed E-state index contributed by atoms with van der Waals surface area (Å²) in [6.07, 6.45) is 6.66. The first kappa shape index (κ1) is 16.9. The fourth-order valence-electron chi connectivity index (χ4n) is 1.78. The van der Waals surface area contributed by atoms with Crippen molar-refractivity contribution in [2.24, 2.45) is 5.92 Å². The van der Waals surface area contributed by atoms with E-state index in [9.17, 15) is 9.59 Å². The minimum atomic E-state index is -1.50. The zero-order chi connectivity index (χ0) is 14.0. The van der Waals surface area contributed by atoms with E-state index in [-0.39, 0.29) is 6.10 Å². The van der Waals surface area contributed by atoms with Gasteiger partial charge >= 0.3 is 11.9 Å². The van der Waals surface area contributed by atoms with Crippen LogP contribution in [0.2, 0.25) is 0 Å². The number of carboxylic acids is 1. The van der Waals surface area contributed by atoms with Crippen molar-refractivity contribution in [3.05, 3.63) is 0 Å². The van der Waals surface area contributed by atoms with Crippen LogP contribution in [0.5, 0.6) is 0 Å². The number of aliphatic carboxylic acids is 1. The van der Waals surface area contributed by atoms with Crippen molar-refractivity contribution < 1.29 is 19.4 Å². The molecule has 4 heteroatoms. The molecule has 18 heavy (non-hydrogen) atoms. The molecule has 1 N–H and O–H groups in total. The number of unbranched alkanes of at least 4 members (excludes halogenated alkanes) is 3. The Balaban J connectivity index is 4.07. The smallest absolute Gasteiger partial charge is 0.417 e. The van der Waals surface area contributed by atoms with Crippen LogP contribution in [0, 0.1) is 5.92 Å². The minimum absolute atomic E-state index is 0.243. The highest BCUT2D eigenvalue weighted by atomic mass is 16.6. The molecule has 106 valence electrons. The van der Waals surface area contributed by atoms with E-state index in [0.717, 1.165) is 38.5 Å². The van der Waals surface area contributed by atoms with Crippen LogP contribution in [0.25, 0.3) is 0 Å². The van der Waals surface area contributed by atoms with Gasteiger partial charge in [-0.05, 0) is 31.6 Å². The number of hydrogen-bond donors (Lipinski definition) is 1. The first-order valence-corrected chi connectivity index (χ1v) is 6.91. The van der Waals surface area contributed by atoms with Gasteiger partial charge in [0.1, 0.15) is 6.10 Å². The summed E-state index contributed by atoms with van der Waals surface area (Å²) in [6.45, 7) is 6.35. The second kappa shape index (κ2) is 9.92. The van der Waals surface area contributed by atoms with Crippen molar-refractivity contribution in [3.8, 4) is 0 Å². The van der Waals surface area contributed by atoms with E-state index in [2.05, 4.69) is 20.8 Å². The Bertz CT molecular complexity index is 248. The van der Waals surface area contributed by atoms with Crippen molar-refractivity contribution in [1.29, 1.82) is 0 Å². The average molecular weight is 258 g/mol. The summed E-state index contributed by atoms with van der Waals surface area (Å²) in [6, 6.07) is 0. The Morgan fingerprint density at radius 2 is 1.72 bits per heavy atom. The maximum atomic E-state index is 11.1. The van der Waals surface area contributed by atoms with Crippen LogP contribution in [0.1, 0.15) is 65.7 Å². The van der Waals surface area contributed by atoms with Crippen LogP contribution in [0.3, 0.4) is 0 Å². The van der Waals surface area contributed by atoms with Crippen LogP contribution in [-0.4, -0.2) is 23.1 Å². The maximum absolute atomic E-state index is 11.1. The summed E-state index contributed by atoms with van der Waals surface area (Å²) < 4.78 is 5.00. The van der Waals surface area contributed by atoms with Crippen molar-refractivity contribution in [1.82, 2.24) is 0 Å². The number of ether oxygens (including phenoxy) is 1. The molecular weight excluding hydrogens is 232 g/mol. The third-order valence-electron chi connectivity index (χ3n) is 2.89. The molecule has 0 aliphatic carbocycles. The van der Waals surface area contributed by atoms with Crippen molar-refractivity contribution in [2.75, 3.05) is 0 Å². The quantitative estimate of drug-likeness (QED) is 0.391. The highest BCUT2D eigenvalue weighted by Crippen LogP contribution is 2.16. The molecule has 0 aliphatic heterocycles. The van der Waals surface area contributed by atoms with Gasteiger partial charge in [-0.25, -0.2) is 9.59 Å². The Hall–Kier alpha value is -1.06. The van der Waals surface area contributed by atoms with E-state index in [1.54, 1.807) is 0 Å². The van der Waals surface area contributed by atoms with Crippen molar-refractivity contribution in [3.63, 3.8) is 0 Å². The Morgan fingerprint density at radius 3 is 2.22 bits per heavy atom. The monoisotopic (exact) mass is 258 g/mol. The fourth-order valence-corrected chi connectivity index (χ4v) is 1.78. The molecule has 0 amide bonds. The van der Waals surface area contributed by atoms with E-state index in [1.165, 1.54) is 6.42 Å². The maximum Gasteiger partial charge on any atom is 0.417 e. The Labute approximate surface area is 110 Å². The second-order valence-corrected chi connectivity index (χ2v) is 5.15. The van der Waals surface area contributed by atoms with Gasteiger partial charge in [0.2, 0.25) is 0 Å². The number of carboxylic acid groups (broad SMARTS) is 1. The van der Waals surface area contributed by atoms with Gasteiger partial charge < -0.3 is 9.84 Å². The Morgan fingerprint density at radius 1 is 1.06 bits per heavy atom. The summed E-state index contributed by atoms with van der Waals surface area (Å²) in [7, 11) is 0. The third-order valence-corrected chi connectivity index (χ3v) is 2.89. The second-order valence-electron chi connectivity index (χ2n) is 5.15. The number of hydrogen-bond acceptors (Lipinski definition) is 3. The Kier molecular flexibility index (Phi) is 9.33. The lowest BCUT2D eigenvalue weighted by molar-refractivity contribution is -0.168. The van der Waals surface area contributed by atoms with Gasteiger partial charge in [-0.3, -0.25) is 0 Å². The molecule has 0 saturated carbocycles. The molecule has 0 radical (unpaired) electrons. The predicted molar refractivity (Wildman–Crippen MR) is 70.3 cm³/mol. The van der Waals surface area contributed by atoms with Gasteiger partial charge in [0.15, 0.2) is 0 Å². The van der Waals surface area contributed by atoms with E-state index < -0.39 is 11.9 Å². The highest BCUT2D eigenvalue weighted by Gasteiger charge is 2.19. The van der Waals surface area contributed by atoms with Gasteiger partial charge in [0.05, 0.1) is 0 Å². The lowest BCUT2D eigenvalue weighted by Gasteiger charge is -2.17.